The molecule has 0 radical (unpaired) electrons. The Balaban J connectivity index is 1.65. The van der Waals surface area contributed by atoms with Gasteiger partial charge in [-0.25, -0.2) is 4.79 Å². The average molecular weight is 383 g/mol. The van der Waals surface area contributed by atoms with Crippen LogP contribution in [0.2, 0.25) is 0 Å². The van der Waals surface area contributed by atoms with Crippen molar-refractivity contribution in [2.24, 2.45) is 0 Å². The van der Waals surface area contributed by atoms with Crippen molar-refractivity contribution in [2.75, 3.05) is 13.2 Å². The molecule has 2 heterocycles. The standard InChI is InChI=1S/C19H17N3O6/c1-19(13-6-7-15-16(10-13)28-9-8-27-15)17(23)21(18(24)20-19)11-12-4-2-3-5-14(12)22(25)26/h2-7,10H,8-9,11H2,1H3,(H,20,24)/t19-/m1/s1. The van der Waals surface area contributed by atoms with Crippen LogP contribution in [0, 0.1) is 10.1 Å². The molecular formula is C19H17N3O6. The molecule has 2 aromatic carbocycles. The zero-order chi connectivity index (χ0) is 19.9. The summed E-state index contributed by atoms with van der Waals surface area (Å²) in [6.07, 6.45) is 0. The van der Waals surface area contributed by atoms with Crippen LogP contribution in [0.1, 0.15) is 18.1 Å². The number of urea groups is 1. The molecule has 3 amide bonds. The van der Waals surface area contributed by atoms with Crippen molar-refractivity contribution in [3.63, 3.8) is 0 Å². The first-order valence-electron chi connectivity index (χ1n) is 8.66. The van der Waals surface area contributed by atoms with Crippen molar-refractivity contribution >= 4 is 17.6 Å². The largest absolute Gasteiger partial charge is 0.486 e. The van der Waals surface area contributed by atoms with Gasteiger partial charge in [-0.1, -0.05) is 24.3 Å². The summed E-state index contributed by atoms with van der Waals surface area (Å²) in [6.45, 7) is 2.25. The van der Waals surface area contributed by atoms with E-state index in [2.05, 4.69) is 5.32 Å². The number of nitrogens with zero attached hydrogens (tertiary/aromatic N) is 2. The molecule has 28 heavy (non-hydrogen) atoms. The lowest BCUT2D eigenvalue weighted by Crippen LogP contribution is -2.41. The number of carbonyl (C=O) groups is 2. The smallest absolute Gasteiger partial charge is 0.325 e. The molecule has 0 unspecified atom stereocenters. The molecule has 1 atom stereocenters. The summed E-state index contributed by atoms with van der Waals surface area (Å²) in [5.41, 5.74) is -0.630. The molecule has 0 saturated carbocycles. The number of para-hydroxylation sites is 1. The Labute approximate surface area is 160 Å². The Morgan fingerprint density at radius 2 is 1.86 bits per heavy atom. The minimum atomic E-state index is -1.31. The van der Waals surface area contributed by atoms with Crippen LogP contribution >= 0.6 is 0 Å². The first-order chi connectivity index (χ1) is 13.4. The van der Waals surface area contributed by atoms with Crippen LogP contribution in [0.4, 0.5) is 10.5 Å². The van der Waals surface area contributed by atoms with Crippen molar-refractivity contribution in [1.82, 2.24) is 10.2 Å². The van der Waals surface area contributed by atoms with Gasteiger partial charge in [0.2, 0.25) is 0 Å². The molecule has 4 rings (SSSR count). The Bertz CT molecular complexity index is 991. The average Bonchev–Trinajstić information content (AvgIpc) is 2.92. The van der Waals surface area contributed by atoms with E-state index in [0.29, 0.717) is 30.3 Å². The van der Waals surface area contributed by atoms with Crippen molar-refractivity contribution in [2.45, 2.75) is 19.0 Å². The summed E-state index contributed by atoms with van der Waals surface area (Å²) in [6, 6.07) is 10.5. The van der Waals surface area contributed by atoms with E-state index < -0.39 is 22.4 Å². The molecule has 0 aliphatic carbocycles. The third kappa shape index (κ3) is 2.81. The highest BCUT2D eigenvalue weighted by Gasteiger charge is 2.49. The Hall–Kier alpha value is -3.62. The van der Waals surface area contributed by atoms with Gasteiger partial charge in [-0.3, -0.25) is 19.8 Å². The van der Waals surface area contributed by atoms with Gasteiger partial charge in [0.25, 0.3) is 11.6 Å². The number of fused-ring (bicyclic) bond motifs is 1. The van der Waals surface area contributed by atoms with Gasteiger partial charge in [0.1, 0.15) is 18.8 Å². The second kappa shape index (κ2) is 6.52. The number of nitrogens with one attached hydrogen (secondary N) is 1. The zero-order valence-electron chi connectivity index (χ0n) is 15.0. The summed E-state index contributed by atoms with van der Waals surface area (Å²) in [5, 5.41) is 13.9. The second-order valence-electron chi connectivity index (χ2n) is 6.69. The lowest BCUT2D eigenvalue weighted by Gasteiger charge is -2.25. The highest BCUT2D eigenvalue weighted by Crippen LogP contribution is 2.37. The first-order valence-corrected chi connectivity index (χ1v) is 8.66. The molecule has 144 valence electrons. The number of hydrogen-bond donors (Lipinski definition) is 1. The summed E-state index contributed by atoms with van der Waals surface area (Å²) in [7, 11) is 0. The molecule has 9 heteroatoms. The van der Waals surface area contributed by atoms with E-state index in [-0.39, 0.29) is 17.8 Å². The normalized spacial score (nSPS) is 20.8. The Morgan fingerprint density at radius 3 is 2.61 bits per heavy atom. The molecule has 0 aromatic heterocycles. The van der Waals surface area contributed by atoms with Gasteiger partial charge >= 0.3 is 6.03 Å². The number of carbonyl (C=O) groups excluding carboxylic acids is 2. The number of amides is 3. The van der Waals surface area contributed by atoms with Crippen molar-refractivity contribution in [3.05, 3.63) is 63.7 Å². The van der Waals surface area contributed by atoms with Crippen molar-refractivity contribution in [3.8, 4) is 11.5 Å². The SMILES string of the molecule is C[C@]1(c2ccc3c(c2)OCCO3)NC(=O)N(Cc2ccccc2[N+](=O)[O-])C1=O. The van der Waals surface area contributed by atoms with E-state index in [1.807, 2.05) is 0 Å². The van der Waals surface area contributed by atoms with E-state index in [1.54, 1.807) is 31.2 Å². The summed E-state index contributed by atoms with van der Waals surface area (Å²) < 4.78 is 11.0. The molecule has 1 saturated heterocycles. The number of benzene rings is 2. The molecule has 0 bridgehead atoms. The van der Waals surface area contributed by atoms with E-state index >= 15 is 0 Å². The quantitative estimate of drug-likeness (QED) is 0.493. The molecule has 9 nitrogen and oxygen atoms in total. The number of nitro benzene ring substituents is 1. The molecule has 2 aliphatic rings. The number of nitro groups is 1. The highest BCUT2D eigenvalue weighted by molar-refractivity contribution is 6.07. The Kier molecular flexibility index (Phi) is 4.14. The fourth-order valence-electron chi connectivity index (χ4n) is 3.38. The van der Waals surface area contributed by atoms with Gasteiger partial charge in [-0.15, -0.1) is 0 Å². The fourth-order valence-corrected chi connectivity index (χ4v) is 3.38. The van der Waals surface area contributed by atoms with Crippen LogP contribution in [0.25, 0.3) is 0 Å². The summed E-state index contributed by atoms with van der Waals surface area (Å²) in [4.78, 5) is 37.3. The van der Waals surface area contributed by atoms with Gasteiger partial charge in [0, 0.05) is 11.6 Å². The monoisotopic (exact) mass is 383 g/mol. The number of rotatable bonds is 4. The van der Waals surface area contributed by atoms with E-state index in [4.69, 9.17) is 9.47 Å². The van der Waals surface area contributed by atoms with Crippen LogP contribution < -0.4 is 14.8 Å². The van der Waals surface area contributed by atoms with Crippen LogP contribution in [-0.2, 0) is 16.9 Å². The van der Waals surface area contributed by atoms with E-state index in [0.717, 1.165) is 4.90 Å². The fraction of sp³-hybridized carbons (Fsp3) is 0.263. The molecular weight excluding hydrogens is 366 g/mol. The van der Waals surface area contributed by atoms with Gasteiger partial charge in [0.15, 0.2) is 11.5 Å². The number of imide groups is 1. The molecule has 0 spiro atoms. The van der Waals surface area contributed by atoms with Gasteiger partial charge in [-0.05, 0) is 24.6 Å². The number of ether oxygens (including phenoxy) is 2. The van der Waals surface area contributed by atoms with Crippen LogP contribution in [-0.4, -0.2) is 35.0 Å². The predicted octanol–water partition coefficient (Wildman–Crippen LogP) is 2.33. The van der Waals surface area contributed by atoms with Gasteiger partial charge < -0.3 is 14.8 Å². The van der Waals surface area contributed by atoms with E-state index in [9.17, 15) is 19.7 Å². The minimum Gasteiger partial charge on any atom is -0.486 e. The molecule has 1 N–H and O–H groups in total. The topological polar surface area (TPSA) is 111 Å². The zero-order valence-corrected chi connectivity index (χ0v) is 15.0. The molecule has 2 aliphatic heterocycles. The maximum Gasteiger partial charge on any atom is 0.325 e. The highest BCUT2D eigenvalue weighted by atomic mass is 16.6. The predicted molar refractivity (Wildman–Crippen MR) is 97.0 cm³/mol. The maximum atomic E-state index is 13.1. The van der Waals surface area contributed by atoms with Crippen LogP contribution in [0.5, 0.6) is 11.5 Å². The van der Waals surface area contributed by atoms with Crippen molar-refractivity contribution < 1.29 is 24.0 Å². The van der Waals surface area contributed by atoms with Crippen LogP contribution in [0.15, 0.2) is 42.5 Å². The summed E-state index contributed by atoms with van der Waals surface area (Å²) in [5.74, 6) is 0.587. The molecule has 1 fully saturated rings. The third-order valence-corrected chi connectivity index (χ3v) is 4.91. The first kappa shape index (κ1) is 17.8. The number of hydrogen-bond acceptors (Lipinski definition) is 6. The Morgan fingerprint density at radius 1 is 1.14 bits per heavy atom. The van der Waals surface area contributed by atoms with Crippen LogP contribution in [0.3, 0.4) is 0 Å². The third-order valence-electron chi connectivity index (χ3n) is 4.91. The van der Waals surface area contributed by atoms with E-state index in [1.165, 1.54) is 18.2 Å². The van der Waals surface area contributed by atoms with Gasteiger partial charge in [-0.2, -0.15) is 0 Å². The maximum absolute atomic E-state index is 13.1. The lowest BCUT2D eigenvalue weighted by atomic mass is 9.91. The minimum absolute atomic E-state index is 0.143. The second-order valence-corrected chi connectivity index (χ2v) is 6.69. The van der Waals surface area contributed by atoms with Crippen molar-refractivity contribution in [1.29, 1.82) is 0 Å². The molecule has 2 aromatic rings. The lowest BCUT2D eigenvalue weighted by molar-refractivity contribution is -0.385. The van der Waals surface area contributed by atoms with Gasteiger partial charge in [0.05, 0.1) is 11.5 Å². The summed E-state index contributed by atoms with van der Waals surface area (Å²) >= 11 is 0.